The van der Waals surface area contributed by atoms with Gasteiger partial charge < -0.3 is 15.2 Å². The standard InChI is InChI=1S/C14H17BrF3NO2/c1-8-4-10(15)5-9(6-19-11-2-3-11)13(8)21-7-12(20)14(16,17)18/h4-5,11-12,19-20H,2-3,6-7H2,1H3. The van der Waals surface area contributed by atoms with E-state index in [0.717, 1.165) is 28.4 Å². The smallest absolute Gasteiger partial charge is 0.417 e. The Morgan fingerprint density at radius 2 is 2.10 bits per heavy atom. The van der Waals surface area contributed by atoms with Gasteiger partial charge in [0.1, 0.15) is 12.4 Å². The van der Waals surface area contributed by atoms with Crippen molar-refractivity contribution in [1.82, 2.24) is 5.32 Å². The van der Waals surface area contributed by atoms with E-state index in [0.29, 0.717) is 18.3 Å². The SMILES string of the molecule is Cc1cc(Br)cc(CNC2CC2)c1OCC(O)C(F)(F)F. The van der Waals surface area contributed by atoms with Gasteiger partial charge in [0.25, 0.3) is 0 Å². The van der Waals surface area contributed by atoms with Crippen LogP contribution in [-0.2, 0) is 6.54 Å². The van der Waals surface area contributed by atoms with Crippen LogP contribution in [0.3, 0.4) is 0 Å². The van der Waals surface area contributed by atoms with Crippen LogP contribution in [0.2, 0.25) is 0 Å². The van der Waals surface area contributed by atoms with Gasteiger partial charge in [-0.2, -0.15) is 13.2 Å². The Labute approximate surface area is 129 Å². The maximum absolute atomic E-state index is 12.3. The zero-order valence-corrected chi connectivity index (χ0v) is 13.1. The molecule has 1 fully saturated rings. The van der Waals surface area contributed by atoms with Gasteiger partial charge in [0.15, 0.2) is 6.10 Å². The molecule has 0 saturated heterocycles. The molecule has 0 aliphatic heterocycles. The summed E-state index contributed by atoms with van der Waals surface area (Å²) in [6, 6.07) is 4.08. The van der Waals surface area contributed by atoms with E-state index in [-0.39, 0.29) is 0 Å². The summed E-state index contributed by atoms with van der Waals surface area (Å²) in [6.07, 6.45) is -4.91. The Kier molecular flexibility index (Phi) is 5.16. The van der Waals surface area contributed by atoms with Crippen molar-refractivity contribution in [3.63, 3.8) is 0 Å². The number of rotatable bonds is 6. The van der Waals surface area contributed by atoms with E-state index >= 15 is 0 Å². The second-order valence-electron chi connectivity index (χ2n) is 5.23. The van der Waals surface area contributed by atoms with Gasteiger partial charge in [0.05, 0.1) is 0 Å². The summed E-state index contributed by atoms with van der Waals surface area (Å²) < 4.78 is 43.1. The van der Waals surface area contributed by atoms with Crippen LogP contribution in [0.1, 0.15) is 24.0 Å². The van der Waals surface area contributed by atoms with Crippen LogP contribution in [-0.4, -0.2) is 30.0 Å². The predicted molar refractivity (Wildman–Crippen MR) is 76.3 cm³/mol. The van der Waals surface area contributed by atoms with Gasteiger partial charge in [0.2, 0.25) is 0 Å². The van der Waals surface area contributed by atoms with Crippen LogP contribution >= 0.6 is 15.9 Å². The van der Waals surface area contributed by atoms with Crippen molar-refractivity contribution in [2.75, 3.05) is 6.61 Å². The van der Waals surface area contributed by atoms with E-state index in [4.69, 9.17) is 9.84 Å². The van der Waals surface area contributed by atoms with E-state index in [9.17, 15) is 13.2 Å². The fourth-order valence-corrected chi connectivity index (χ4v) is 2.56. The van der Waals surface area contributed by atoms with Gasteiger partial charge in [-0.3, -0.25) is 0 Å². The second kappa shape index (κ2) is 6.54. The molecule has 3 nitrogen and oxygen atoms in total. The van der Waals surface area contributed by atoms with Crippen molar-refractivity contribution in [3.05, 3.63) is 27.7 Å². The molecule has 0 bridgehead atoms. The summed E-state index contributed by atoms with van der Waals surface area (Å²) >= 11 is 3.37. The second-order valence-corrected chi connectivity index (χ2v) is 6.15. The molecule has 1 aliphatic carbocycles. The average Bonchev–Trinajstić information content (AvgIpc) is 3.17. The van der Waals surface area contributed by atoms with Gasteiger partial charge in [-0.25, -0.2) is 0 Å². The molecule has 0 aromatic heterocycles. The Hall–Kier alpha value is -0.790. The summed E-state index contributed by atoms with van der Waals surface area (Å²) in [5.41, 5.74) is 1.51. The maximum atomic E-state index is 12.3. The molecular formula is C14H17BrF3NO2. The largest absolute Gasteiger partial charge is 0.490 e. The van der Waals surface area contributed by atoms with E-state index in [1.807, 2.05) is 6.07 Å². The summed E-state index contributed by atoms with van der Waals surface area (Å²) in [5.74, 6) is 0.398. The van der Waals surface area contributed by atoms with Gasteiger partial charge >= 0.3 is 6.18 Å². The number of aliphatic hydroxyl groups is 1. The molecule has 118 valence electrons. The lowest BCUT2D eigenvalue weighted by Gasteiger charge is -2.19. The Morgan fingerprint density at radius 3 is 2.67 bits per heavy atom. The molecule has 1 aliphatic rings. The number of halogens is 4. The number of nitrogens with one attached hydrogen (secondary N) is 1. The molecule has 0 amide bonds. The Bertz CT molecular complexity index is 504. The third-order valence-corrected chi connectivity index (χ3v) is 3.70. The van der Waals surface area contributed by atoms with Crippen molar-refractivity contribution < 1.29 is 23.0 Å². The number of ether oxygens (including phenoxy) is 1. The van der Waals surface area contributed by atoms with Crippen molar-refractivity contribution in [3.8, 4) is 5.75 Å². The number of aliphatic hydroxyl groups excluding tert-OH is 1. The fraction of sp³-hybridized carbons (Fsp3) is 0.571. The Balaban J connectivity index is 2.08. The minimum absolute atomic E-state index is 0.398. The highest BCUT2D eigenvalue weighted by atomic mass is 79.9. The Morgan fingerprint density at radius 1 is 1.43 bits per heavy atom. The van der Waals surface area contributed by atoms with Crippen LogP contribution in [0.25, 0.3) is 0 Å². The highest BCUT2D eigenvalue weighted by Gasteiger charge is 2.39. The first-order valence-electron chi connectivity index (χ1n) is 6.67. The van der Waals surface area contributed by atoms with Gasteiger partial charge in [0, 0.05) is 22.6 Å². The predicted octanol–water partition coefficient (Wildman–Crippen LogP) is 3.31. The average molecular weight is 368 g/mol. The summed E-state index contributed by atoms with van der Waals surface area (Å²) in [7, 11) is 0. The first kappa shape index (κ1) is 16.6. The summed E-state index contributed by atoms with van der Waals surface area (Å²) in [4.78, 5) is 0. The third-order valence-electron chi connectivity index (χ3n) is 3.24. The molecule has 2 rings (SSSR count). The van der Waals surface area contributed by atoms with Crippen LogP contribution in [0.15, 0.2) is 16.6 Å². The first-order chi connectivity index (χ1) is 9.77. The lowest BCUT2D eigenvalue weighted by Crippen LogP contribution is -2.34. The van der Waals surface area contributed by atoms with Crippen LogP contribution < -0.4 is 10.1 Å². The third kappa shape index (κ3) is 4.86. The normalized spacial score (nSPS) is 16.9. The molecule has 1 saturated carbocycles. The maximum Gasteiger partial charge on any atom is 0.417 e. The van der Waals surface area contributed by atoms with E-state index in [2.05, 4.69) is 21.2 Å². The zero-order valence-electron chi connectivity index (χ0n) is 11.5. The quantitative estimate of drug-likeness (QED) is 0.810. The molecular weight excluding hydrogens is 351 g/mol. The molecule has 1 unspecified atom stereocenters. The van der Waals surface area contributed by atoms with Gasteiger partial charge in [-0.1, -0.05) is 15.9 Å². The van der Waals surface area contributed by atoms with Crippen LogP contribution in [0.5, 0.6) is 5.75 Å². The highest BCUT2D eigenvalue weighted by Crippen LogP contribution is 2.30. The molecule has 2 N–H and O–H groups in total. The molecule has 7 heteroatoms. The fourth-order valence-electron chi connectivity index (χ4n) is 1.94. The molecule has 1 aromatic rings. The minimum Gasteiger partial charge on any atom is -0.490 e. The van der Waals surface area contributed by atoms with Crippen LogP contribution in [0.4, 0.5) is 13.2 Å². The van der Waals surface area contributed by atoms with Crippen LogP contribution in [0, 0.1) is 6.92 Å². The molecule has 0 radical (unpaired) electrons. The number of alkyl halides is 3. The summed E-state index contributed by atoms with van der Waals surface area (Å²) in [6.45, 7) is 1.49. The molecule has 1 aromatic carbocycles. The van der Waals surface area contributed by atoms with Crippen molar-refractivity contribution >= 4 is 15.9 Å². The number of aryl methyl sites for hydroxylation is 1. The van der Waals surface area contributed by atoms with Gasteiger partial charge in [-0.05, 0) is 37.5 Å². The summed E-state index contributed by atoms with van der Waals surface area (Å²) in [5, 5.41) is 12.3. The lowest BCUT2D eigenvalue weighted by molar-refractivity contribution is -0.210. The first-order valence-corrected chi connectivity index (χ1v) is 7.46. The van der Waals surface area contributed by atoms with Crippen molar-refractivity contribution in [1.29, 1.82) is 0 Å². The molecule has 21 heavy (non-hydrogen) atoms. The number of benzene rings is 1. The molecule has 1 atom stereocenters. The van der Waals surface area contributed by atoms with E-state index < -0.39 is 18.9 Å². The minimum atomic E-state index is -4.67. The molecule has 0 spiro atoms. The highest BCUT2D eigenvalue weighted by molar-refractivity contribution is 9.10. The zero-order chi connectivity index (χ0) is 15.6. The number of hydrogen-bond acceptors (Lipinski definition) is 3. The monoisotopic (exact) mass is 367 g/mol. The van der Waals surface area contributed by atoms with E-state index in [1.54, 1.807) is 13.0 Å². The topological polar surface area (TPSA) is 41.5 Å². The van der Waals surface area contributed by atoms with Crippen molar-refractivity contribution in [2.24, 2.45) is 0 Å². The van der Waals surface area contributed by atoms with E-state index in [1.165, 1.54) is 0 Å². The number of hydrogen-bond donors (Lipinski definition) is 2. The lowest BCUT2D eigenvalue weighted by atomic mass is 10.1. The van der Waals surface area contributed by atoms with Gasteiger partial charge in [-0.15, -0.1) is 0 Å². The molecule has 0 heterocycles. The van der Waals surface area contributed by atoms with Crippen molar-refractivity contribution in [2.45, 2.75) is 44.6 Å².